The molecule has 0 atom stereocenters. The molecule has 1 fully saturated rings. The maximum Gasteiger partial charge on any atom is 0.271 e. The SMILES string of the molecule is CCNc1cnc(C(=O)NC2CCC(C)(C)CC2)cn1. The molecule has 1 aromatic heterocycles. The highest BCUT2D eigenvalue weighted by Crippen LogP contribution is 2.34. The van der Waals surface area contributed by atoms with Gasteiger partial charge in [0, 0.05) is 12.6 Å². The summed E-state index contributed by atoms with van der Waals surface area (Å²) in [7, 11) is 0. The Morgan fingerprint density at radius 2 is 2.00 bits per heavy atom. The van der Waals surface area contributed by atoms with E-state index in [1.54, 1.807) is 6.20 Å². The van der Waals surface area contributed by atoms with E-state index in [9.17, 15) is 4.79 Å². The van der Waals surface area contributed by atoms with Crippen LogP contribution in [-0.2, 0) is 0 Å². The van der Waals surface area contributed by atoms with Crippen LogP contribution in [-0.4, -0.2) is 28.5 Å². The third-order valence-electron chi connectivity index (χ3n) is 3.92. The van der Waals surface area contributed by atoms with Crippen LogP contribution >= 0.6 is 0 Å². The normalized spacial score (nSPS) is 18.6. The minimum Gasteiger partial charge on any atom is -0.369 e. The molecule has 20 heavy (non-hydrogen) atoms. The van der Waals surface area contributed by atoms with Crippen molar-refractivity contribution in [3.8, 4) is 0 Å². The van der Waals surface area contributed by atoms with E-state index in [1.807, 2.05) is 6.92 Å². The van der Waals surface area contributed by atoms with Crippen molar-refractivity contribution < 1.29 is 4.79 Å². The summed E-state index contributed by atoms with van der Waals surface area (Å²) in [5, 5.41) is 6.12. The average Bonchev–Trinajstić information content (AvgIpc) is 2.42. The smallest absolute Gasteiger partial charge is 0.271 e. The van der Waals surface area contributed by atoms with Crippen molar-refractivity contribution in [1.82, 2.24) is 15.3 Å². The van der Waals surface area contributed by atoms with Crippen LogP contribution in [0.5, 0.6) is 0 Å². The first-order chi connectivity index (χ1) is 9.50. The van der Waals surface area contributed by atoms with E-state index >= 15 is 0 Å². The van der Waals surface area contributed by atoms with E-state index in [0.717, 1.165) is 32.2 Å². The van der Waals surface area contributed by atoms with Crippen LogP contribution in [0.1, 0.15) is 56.9 Å². The van der Waals surface area contributed by atoms with Crippen molar-refractivity contribution in [2.45, 2.75) is 52.5 Å². The predicted molar refractivity (Wildman–Crippen MR) is 79.7 cm³/mol. The van der Waals surface area contributed by atoms with E-state index in [2.05, 4.69) is 34.4 Å². The molecule has 2 rings (SSSR count). The zero-order chi connectivity index (χ0) is 14.6. The molecule has 5 nitrogen and oxygen atoms in total. The van der Waals surface area contributed by atoms with Crippen LogP contribution in [0.25, 0.3) is 0 Å². The largest absolute Gasteiger partial charge is 0.369 e. The topological polar surface area (TPSA) is 66.9 Å². The molecule has 1 aromatic rings. The van der Waals surface area contributed by atoms with E-state index in [4.69, 9.17) is 0 Å². The van der Waals surface area contributed by atoms with Crippen LogP contribution in [0.2, 0.25) is 0 Å². The minimum atomic E-state index is -0.120. The zero-order valence-electron chi connectivity index (χ0n) is 12.6. The molecule has 1 heterocycles. The zero-order valence-corrected chi connectivity index (χ0v) is 12.6. The van der Waals surface area contributed by atoms with E-state index < -0.39 is 0 Å². The first-order valence-electron chi connectivity index (χ1n) is 7.37. The van der Waals surface area contributed by atoms with Gasteiger partial charge in [0.1, 0.15) is 11.5 Å². The molecule has 0 aliphatic heterocycles. The lowest BCUT2D eigenvalue weighted by Crippen LogP contribution is -2.39. The fraction of sp³-hybridized carbons (Fsp3) is 0.667. The van der Waals surface area contributed by atoms with Gasteiger partial charge in [-0.2, -0.15) is 0 Å². The summed E-state index contributed by atoms with van der Waals surface area (Å²) in [4.78, 5) is 20.4. The molecule has 0 unspecified atom stereocenters. The maximum atomic E-state index is 12.1. The summed E-state index contributed by atoms with van der Waals surface area (Å²) in [6.07, 6.45) is 7.53. The first-order valence-corrected chi connectivity index (χ1v) is 7.37. The summed E-state index contributed by atoms with van der Waals surface area (Å²) in [5.41, 5.74) is 0.797. The molecular weight excluding hydrogens is 252 g/mol. The molecule has 110 valence electrons. The number of carbonyl (C=O) groups excluding carboxylic acids is 1. The van der Waals surface area contributed by atoms with E-state index in [-0.39, 0.29) is 11.9 Å². The second-order valence-electron chi connectivity index (χ2n) is 6.23. The Bertz CT molecular complexity index is 445. The van der Waals surface area contributed by atoms with Crippen LogP contribution in [0, 0.1) is 5.41 Å². The monoisotopic (exact) mass is 276 g/mol. The fourth-order valence-electron chi connectivity index (χ4n) is 2.52. The molecule has 2 N–H and O–H groups in total. The fourth-order valence-corrected chi connectivity index (χ4v) is 2.52. The standard InChI is InChI=1S/C15H24N4O/c1-4-16-13-10-17-12(9-18-13)14(20)19-11-5-7-15(2,3)8-6-11/h9-11H,4-8H2,1-3H3,(H,16,18)(H,19,20). The van der Waals surface area contributed by atoms with Gasteiger partial charge in [0.2, 0.25) is 0 Å². The number of aromatic nitrogens is 2. The average molecular weight is 276 g/mol. The molecule has 1 amide bonds. The highest BCUT2D eigenvalue weighted by Gasteiger charge is 2.27. The summed E-state index contributed by atoms with van der Waals surface area (Å²) in [6, 6.07) is 0.269. The van der Waals surface area contributed by atoms with Gasteiger partial charge < -0.3 is 10.6 Å². The third kappa shape index (κ3) is 3.92. The first kappa shape index (κ1) is 14.8. The molecule has 0 aromatic carbocycles. The van der Waals surface area contributed by atoms with E-state index in [0.29, 0.717) is 16.9 Å². The Balaban J connectivity index is 1.88. The number of rotatable bonds is 4. The van der Waals surface area contributed by atoms with Crippen LogP contribution in [0.3, 0.4) is 0 Å². The van der Waals surface area contributed by atoms with Gasteiger partial charge in [0.25, 0.3) is 5.91 Å². The molecule has 1 aliphatic rings. The maximum absolute atomic E-state index is 12.1. The van der Waals surface area contributed by atoms with Gasteiger partial charge in [-0.15, -0.1) is 0 Å². The second kappa shape index (κ2) is 6.20. The number of nitrogens with zero attached hydrogens (tertiary/aromatic N) is 2. The Hall–Kier alpha value is -1.65. The Labute approximate surface area is 120 Å². The molecule has 1 saturated carbocycles. The number of hydrogen-bond donors (Lipinski definition) is 2. The van der Waals surface area contributed by atoms with Gasteiger partial charge in [-0.1, -0.05) is 13.8 Å². The lowest BCUT2D eigenvalue weighted by Gasteiger charge is -2.34. The molecular formula is C15H24N4O. The molecule has 0 bridgehead atoms. The number of hydrogen-bond acceptors (Lipinski definition) is 4. The van der Waals surface area contributed by atoms with Crippen LogP contribution < -0.4 is 10.6 Å². The highest BCUT2D eigenvalue weighted by atomic mass is 16.1. The van der Waals surface area contributed by atoms with Gasteiger partial charge >= 0.3 is 0 Å². The van der Waals surface area contributed by atoms with Crippen molar-refractivity contribution in [1.29, 1.82) is 0 Å². The van der Waals surface area contributed by atoms with Crippen LogP contribution in [0.4, 0.5) is 5.82 Å². The Kier molecular flexibility index (Phi) is 4.57. The van der Waals surface area contributed by atoms with Crippen molar-refractivity contribution in [2.24, 2.45) is 5.41 Å². The van der Waals surface area contributed by atoms with Gasteiger partial charge in [-0.05, 0) is 38.0 Å². The molecule has 5 heteroatoms. The van der Waals surface area contributed by atoms with Gasteiger partial charge in [-0.3, -0.25) is 4.79 Å². The van der Waals surface area contributed by atoms with Crippen molar-refractivity contribution in [2.75, 3.05) is 11.9 Å². The van der Waals surface area contributed by atoms with Crippen molar-refractivity contribution in [3.05, 3.63) is 18.1 Å². The van der Waals surface area contributed by atoms with Gasteiger partial charge in [0.15, 0.2) is 0 Å². The van der Waals surface area contributed by atoms with Crippen LogP contribution in [0.15, 0.2) is 12.4 Å². The summed E-state index contributed by atoms with van der Waals surface area (Å²) in [5.74, 6) is 0.578. The quantitative estimate of drug-likeness (QED) is 0.887. The minimum absolute atomic E-state index is 0.120. The predicted octanol–water partition coefficient (Wildman–Crippen LogP) is 2.61. The third-order valence-corrected chi connectivity index (χ3v) is 3.92. The number of anilines is 1. The summed E-state index contributed by atoms with van der Waals surface area (Å²) < 4.78 is 0. The summed E-state index contributed by atoms with van der Waals surface area (Å²) >= 11 is 0. The van der Waals surface area contributed by atoms with Gasteiger partial charge in [0.05, 0.1) is 12.4 Å². The second-order valence-corrected chi connectivity index (χ2v) is 6.23. The lowest BCUT2D eigenvalue weighted by molar-refractivity contribution is 0.0903. The van der Waals surface area contributed by atoms with E-state index in [1.165, 1.54) is 6.20 Å². The number of carbonyl (C=O) groups is 1. The van der Waals surface area contributed by atoms with Crippen molar-refractivity contribution in [3.63, 3.8) is 0 Å². The summed E-state index contributed by atoms with van der Waals surface area (Å²) in [6.45, 7) is 7.36. The molecule has 0 saturated heterocycles. The highest BCUT2D eigenvalue weighted by molar-refractivity contribution is 5.92. The Morgan fingerprint density at radius 1 is 1.30 bits per heavy atom. The molecule has 0 spiro atoms. The van der Waals surface area contributed by atoms with Gasteiger partial charge in [-0.25, -0.2) is 9.97 Å². The molecule has 1 aliphatic carbocycles. The Morgan fingerprint density at radius 3 is 2.55 bits per heavy atom. The molecule has 0 radical (unpaired) electrons. The number of nitrogens with one attached hydrogen (secondary N) is 2. The lowest BCUT2D eigenvalue weighted by atomic mass is 9.75. The number of amides is 1. The van der Waals surface area contributed by atoms with Crippen molar-refractivity contribution >= 4 is 11.7 Å².